The lowest BCUT2D eigenvalue weighted by molar-refractivity contribution is -0.0864. The minimum atomic E-state index is -4.59. The quantitative estimate of drug-likeness (QED) is 0.413. The Morgan fingerprint density at radius 2 is 1.75 bits per heavy atom. The Morgan fingerprint density at radius 1 is 1.33 bits per heavy atom. The van der Waals surface area contributed by atoms with Crippen molar-refractivity contribution in [2.75, 3.05) is 7.05 Å². The molecule has 0 rings (SSSR count). The molecule has 0 heterocycles. The first-order valence-corrected chi connectivity index (χ1v) is 3.55. The standard InChI is InChI=1S/C5H7BrF3N3/c1-12-4(11)2(3(6)10)5(7,8)9/h10H2,1H3,(H2,11,12)/b3-2+. The Balaban J connectivity index is 5.12. The lowest BCUT2D eigenvalue weighted by Gasteiger charge is -2.10. The molecule has 0 aromatic heterocycles. The molecule has 3 nitrogen and oxygen atoms in total. The summed E-state index contributed by atoms with van der Waals surface area (Å²) < 4.78 is 35.7. The molecule has 0 aliphatic rings. The molecule has 0 fully saturated rings. The van der Waals surface area contributed by atoms with Crippen LogP contribution in [0.1, 0.15) is 0 Å². The molecule has 0 unspecified atom stereocenters. The average Bonchev–Trinajstić information content (AvgIpc) is 1.83. The fourth-order valence-corrected chi connectivity index (χ4v) is 0.943. The Labute approximate surface area is 75.4 Å². The van der Waals surface area contributed by atoms with Gasteiger partial charge in [-0.25, -0.2) is 0 Å². The monoisotopic (exact) mass is 245 g/mol. The first-order valence-electron chi connectivity index (χ1n) is 2.75. The highest BCUT2D eigenvalue weighted by Crippen LogP contribution is 2.28. The van der Waals surface area contributed by atoms with Crippen molar-refractivity contribution in [3.8, 4) is 0 Å². The Morgan fingerprint density at radius 3 is 1.83 bits per heavy atom. The van der Waals surface area contributed by atoms with Crippen molar-refractivity contribution in [2.24, 2.45) is 16.5 Å². The van der Waals surface area contributed by atoms with Crippen LogP contribution < -0.4 is 11.5 Å². The molecule has 0 aliphatic heterocycles. The number of hydrogen-bond acceptors (Lipinski definition) is 2. The molecule has 0 bridgehead atoms. The van der Waals surface area contributed by atoms with Gasteiger partial charge in [-0.3, -0.25) is 4.99 Å². The molecule has 0 saturated carbocycles. The first-order chi connectivity index (χ1) is 5.30. The fourth-order valence-electron chi connectivity index (χ4n) is 0.515. The third-order valence-electron chi connectivity index (χ3n) is 1.02. The minimum Gasteiger partial charge on any atom is -0.392 e. The summed E-state index contributed by atoms with van der Waals surface area (Å²) in [7, 11) is 1.15. The number of hydrogen-bond donors (Lipinski definition) is 2. The molecule has 0 spiro atoms. The maximum absolute atomic E-state index is 12.1. The van der Waals surface area contributed by atoms with Crippen LogP contribution in [0.3, 0.4) is 0 Å². The van der Waals surface area contributed by atoms with Crippen molar-refractivity contribution in [1.29, 1.82) is 0 Å². The Hall–Kier alpha value is -0.720. The smallest absolute Gasteiger partial charge is 0.392 e. The van der Waals surface area contributed by atoms with Gasteiger partial charge in [-0.15, -0.1) is 0 Å². The predicted octanol–water partition coefficient (Wildman–Crippen LogP) is 1.10. The van der Waals surface area contributed by atoms with E-state index in [9.17, 15) is 13.2 Å². The molecule has 0 aromatic carbocycles. The second-order valence-corrected chi connectivity index (χ2v) is 2.68. The van der Waals surface area contributed by atoms with Crippen LogP contribution in [0.15, 0.2) is 15.2 Å². The van der Waals surface area contributed by atoms with Crippen molar-refractivity contribution in [3.63, 3.8) is 0 Å². The number of halogens is 4. The molecule has 0 aliphatic carbocycles. The maximum Gasteiger partial charge on any atom is 0.422 e. The van der Waals surface area contributed by atoms with E-state index >= 15 is 0 Å². The summed E-state index contributed by atoms with van der Waals surface area (Å²) in [5.74, 6) is -0.642. The van der Waals surface area contributed by atoms with Gasteiger partial charge < -0.3 is 11.5 Å². The zero-order valence-electron chi connectivity index (χ0n) is 6.11. The fraction of sp³-hybridized carbons (Fsp3) is 0.400. The van der Waals surface area contributed by atoms with Crippen LogP contribution in [0.5, 0.6) is 0 Å². The van der Waals surface area contributed by atoms with Gasteiger partial charge in [0.05, 0.1) is 4.61 Å². The first kappa shape index (κ1) is 11.3. The highest BCUT2D eigenvalue weighted by Gasteiger charge is 2.38. The molecule has 7 heteroatoms. The second kappa shape index (κ2) is 3.79. The molecular formula is C5H7BrF3N3. The van der Waals surface area contributed by atoms with E-state index in [2.05, 4.69) is 20.9 Å². The lowest BCUT2D eigenvalue weighted by atomic mass is 10.2. The van der Waals surface area contributed by atoms with E-state index in [4.69, 9.17) is 11.5 Å². The summed E-state index contributed by atoms with van der Waals surface area (Å²) in [4.78, 5) is 3.18. The molecule has 0 radical (unpaired) electrons. The number of amidine groups is 1. The summed E-state index contributed by atoms with van der Waals surface area (Å²) in [5.41, 5.74) is 8.73. The van der Waals surface area contributed by atoms with Crippen molar-refractivity contribution in [2.45, 2.75) is 6.18 Å². The molecule has 0 atom stereocenters. The number of alkyl halides is 3. The van der Waals surface area contributed by atoms with E-state index in [1.54, 1.807) is 0 Å². The lowest BCUT2D eigenvalue weighted by Crippen LogP contribution is -2.28. The molecule has 0 aromatic rings. The van der Waals surface area contributed by atoms with Gasteiger partial charge in [0.25, 0.3) is 0 Å². The zero-order chi connectivity index (χ0) is 9.94. The second-order valence-electron chi connectivity index (χ2n) is 1.83. The van der Waals surface area contributed by atoms with Crippen molar-refractivity contribution < 1.29 is 13.2 Å². The van der Waals surface area contributed by atoms with Crippen LogP contribution in [-0.2, 0) is 0 Å². The molecule has 12 heavy (non-hydrogen) atoms. The van der Waals surface area contributed by atoms with Gasteiger partial charge in [0.1, 0.15) is 11.4 Å². The Bertz CT molecular complexity index is 227. The van der Waals surface area contributed by atoms with E-state index in [-0.39, 0.29) is 0 Å². The number of nitrogens with zero attached hydrogens (tertiary/aromatic N) is 1. The topological polar surface area (TPSA) is 64.4 Å². The van der Waals surface area contributed by atoms with Crippen molar-refractivity contribution in [1.82, 2.24) is 0 Å². The van der Waals surface area contributed by atoms with Gasteiger partial charge in [-0.05, 0) is 15.9 Å². The number of nitrogens with two attached hydrogens (primary N) is 2. The van der Waals surface area contributed by atoms with E-state index in [0.717, 1.165) is 7.05 Å². The molecule has 0 amide bonds. The molecule has 4 N–H and O–H groups in total. The van der Waals surface area contributed by atoms with Gasteiger partial charge in [0, 0.05) is 7.05 Å². The maximum atomic E-state index is 12.1. The summed E-state index contributed by atoms with van der Waals surface area (Å²) in [6, 6.07) is 0. The summed E-state index contributed by atoms with van der Waals surface area (Å²) in [6.45, 7) is 0. The largest absolute Gasteiger partial charge is 0.422 e. The van der Waals surface area contributed by atoms with E-state index < -0.39 is 22.2 Å². The van der Waals surface area contributed by atoms with Crippen LogP contribution >= 0.6 is 15.9 Å². The van der Waals surface area contributed by atoms with Crippen molar-refractivity contribution in [3.05, 3.63) is 10.2 Å². The van der Waals surface area contributed by atoms with Gasteiger partial charge in [0.15, 0.2) is 0 Å². The van der Waals surface area contributed by atoms with Gasteiger partial charge in [-0.1, -0.05) is 0 Å². The van der Waals surface area contributed by atoms with Crippen LogP contribution in [0.4, 0.5) is 13.2 Å². The van der Waals surface area contributed by atoms with Crippen LogP contribution in [0, 0.1) is 0 Å². The SMILES string of the molecule is CN=C(N)/C(=C(\N)Br)C(F)(F)F. The highest BCUT2D eigenvalue weighted by molar-refractivity contribution is 9.11. The summed E-state index contributed by atoms with van der Waals surface area (Å²) in [5, 5.41) is 0. The van der Waals surface area contributed by atoms with Crippen molar-refractivity contribution >= 4 is 21.8 Å². The van der Waals surface area contributed by atoms with Crippen LogP contribution in [0.2, 0.25) is 0 Å². The van der Waals surface area contributed by atoms with E-state index in [0.29, 0.717) is 0 Å². The van der Waals surface area contributed by atoms with Gasteiger partial charge in [0.2, 0.25) is 0 Å². The summed E-state index contributed by atoms with van der Waals surface area (Å²) >= 11 is 2.49. The van der Waals surface area contributed by atoms with Gasteiger partial charge in [-0.2, -0.15) is 13.2 Å². The van der Waals surface area contributed by atoms with Gasteiger partial charge >= 0.3 is 6.18 Å². The highest BCUT2D eigenvalue weighted by atomic mass is 79.9. The average molecular weight is 246 g/mol. The molecule has 0 saturated heterocycles. The Kier molecular flexibility index (Phi) is 3.56. The van der Waals surface area contributed by atoms with Crippen LogP contribution in [-0.4, -0.2) is 19.1 Å². The third kappa shape index (κ3) is 2.72. The van der Waals surface area contributed by atoms with E-state index in [1.165, 1.54) is 0 Å². The minimum absolute atomic E-state index is 0.571. The predicted molar refractivity (Wildman–Crippen MR) is 43.7 cm³/mol. The molecule has 70 valence electrons. The van der Waals surface area contributed by atoms with E-state index in [1.807, 2.05) is 0 Å². The normalized spacial score (nSPS) is 15.9. The summed E-state index contributed by atoms with van der Waals surface area (Å²) in [6.07, 6.45) is -4.59. The third-order valence-corrected chi connectivity index (χ3v) is 1.42. The van der Waals surface area contributed by atoms with Crippen LogP contribution in [0.25, 0.3) is 0 Å². The number of rotatable bonds is 1. The zero-order valence-corrected chi connectivity index (χ0v) is 7.70. The number of aliphatic imine (C=N–C) groups is 1. The molecular weight excluding hydrogens is 239 g/mol.